The lowest BCUT2D eigenvalue weighted by Gasteiger charge is -2.13. The smallest absolute Gasteiger partial charge is 0.261 e. The number of oxime groups is 1. The molecule has 2 aromatic carbocycles. The van der Waals surface area contributed by atoms with E-state index in [0.29, 0.717) is 17.1 Å². The first-order valence-corrected chi connectivity index (χ1v) is 8.82. The summed E-state index contributed by atoms with van der Waals surface area (Å²) in [6.07, 6.45) is 1.63. The van der Waals surface area contributed by atoms with E-state index in [0.717, 1.165) is 16.7 Å². The fourth-order valence-corrected chi connectivity index (χ4v) is 2.76. The maximum absolute atomic E-state index is 12.8. The molecule has 0 fully saturated rings. The van der Waals surface area contributed by atoms with Crippen LogP contribution in [0.25, 0.3) is 11.1 Å². The fourth-order valence-electron chi connectivity index (χ4n) is 2.76. The van der Waals surface area contributed by atoms with E-state index in [1.54, 1.807) is 18.3 Å². The van der Waals surface area contributed by atoms with Crippen LogP contribution in [0.2, 0.25) is 0 Å². The highest BCUT2D eigenvalue weighted by Gasteiger charge is 2.16. The summed E-state index contributed by atoms with van der Waals surface area (Å²) in [5.41, 5.74) is 3.74. The molecule has 3 rings (SSSR count). The quantitative estimate of drug-likeness (QED) is 0.486. The number of hydrogen-bond acceptors (Lipinski definition) is 6. The maximum atomic E-state index is 12.8. The maximum Gasteiger partial charge on any atom is 0.261 e. The van der Waals surface area contributed by atoms with Crippen molar-refractivity contribution in [3.63, 3.8) is 0 Å². The molecule has 0 aliphatic carbocycles. The Balaban J connectivity index is 1.88. The number of anilines is 1. The van der Waals surface area contributed by atoms with E-state index in [2.05, 4.69) is 15.5 Å². The van der Waals surface area contributed by atoms with Crippen LogP contribution in [0, 0.1) is 0 Å². The molecular weight excluding hydrogens is 370 g/mol. The Labute approximate surface area is 168 Å². The van der Waals surface area contributed by atoms with E-state index in [1.807, 2.05) is 48.5 Å². The van der Waals surface area contributed by atoms with Crippen molar-refractivity contribution in [2.45, 2.75) is 0 Å². The number of nitrogens with zero attached hydrogens (tertiary/aromatic N) is 2. The van der Waals surface area contributed by atoms with Crippen molar-refractivity contribution in [2.24, 2.45) is 5.16 Å². The van der Waals surface area contributed by atoms with Crippen LogP contribution in [0.1, 0.15) is 15.9 Å². The summed E-state index contributed by atoms with van der Waals surface area (Å²) in [6, 6.07) is 18.6. The summed E-state index contributed by atoms with van der Waals surface area (Å²) in [5, 5.41) is 6.70. The third kappa shape index (κ3) is 4.70. The van der Waals surface area contributed by atoms with E-state index >= 15 is 0 Å². The van der Waals surface area contributed by atoms with Gasteiger partial charge < -0.3 is 19.6 Å². The Kier molecular flexibility index (Phi) is 6.42. The molecule has 0 atom stereocenters. The van der Waals surface area contributed by atoms with Gasteiger partial charge in [0.2, 0.25) is 11.8 Å². The molecule has 1 heterocycles. The van der Waals surface area contributed by atoms with E-state index in [9.17, 15) is 4.79 Å². The van der Waals surface area contributed by atoms with Gasteiger partial charge in [-0.3, -0.25) is 4.79 Å². The molecule has 0 saturated carbocycles. The zero-order valence-electron chi connectivity index (χ0n) is 16.4. The number of aromatic nitrogens is 1. The molecule has 0 radical (unpaired) electrons. The second-order valence-electron chi connectivity index (χ2n) is 5.95. The summed E-state index contributed by atoms with van der Waals surface area (Å²) in [7, 11) is 4.46. The van der Waals surface area contributed by atoms with Crippen LogP contribution in [-0.2, 0) is 4.84 Å². The summed E-state index contributed by atoms with van der Waals surface area (Å²) >= 11 is 0. The summed E-state index contributed by atoms with van der Waals surface area (Å²) < 4.78 is 10.3. The van der Waals surface area contributed by atoms with Gasteiger partial charge in [0, 0.05) is 17.3 Å². The third-order valence-electron chi connectivity index (χ3n) is 4.19. The summed E-state index contributed by atoms with van der Waals surface area (Å²) in [4.78, 5) is 21.7. The zero-order chi connectivity index (χ0) is 20.6. The number of rotatable bonds is 7. The summed E-state index contributed by atoms with van der Waals surface area (Å²) in [6.45, 7) is 0. The average Bonchev–Trinajstić information content (AvgIpc) is 2.78. The van der Waals surface area contributed by atoms with Gasteiger partial charge in [-0.2, -0.15) is 4.98 Å². The molecule has 1 aromatic heterocycles. The SMILES string of the molecule is CO/N=C/c1ccc(-c2ccccc2NC(=O)c2ccc(OC)nc2OC)cc1. The van der Waals surface area contributed by atoms with Crippen molar-refractivity contribution in [3.05, 3.63) is 71.8 Å². The first kappa shape index (κ1) is 19.9. The molecule has 0 bridgehead atoms. The molecule has 3 aromatic rings. The Morgan fingerprint density at radius 3 is 2.41 bits per heavy atom. The Bertz CT molecular complexity index is 1020. The highest BCUT2D eigenvalue weighted by Crippen LogP contribution is 2.29. The number of pyridine rings is 1. The van der Waals surface area contributed by atoms with Gasteiger partial charge >= 0.3 is 0 Å². The van der Waals surface area contributed by atoms with Gasteiger partial charge in [0.05, 0.1) is 20.4 Å². The summed E-state index contributed by atoms with van der Waals surface area (Å²) in [5.74, 6) is 0.241. The number of ether oxygens (including phenoxy) is 2. The molecular formula is C22H21N3O4. The van der Waals surface area contributed by atoms with Crippen molar-refractivity contribution < 1.29 is 19.1 Å². The molecule has 0 spiro atoms. The molecule has 7 heteroatoms. The second-order valence-corrected chi connectivity index (χ2v) is 5.95. The Morgan fingerprint density at radius 2 is 1.72 bits per heavy atom. The molecule has 1 N–H and O–H groups in total. The molecule has 0 aliphatic rings. The molecule has 0 saturated heterocycles. The van der Waals surface area contributed by atoms with Crippen molar-refractivity contribution in [1.29, 1.82) is 0 Å². The lowest BCUT2D eigenvalue weighted by Crippen LogP contribution is -2.14. The van der Waals surface area contributed by atoms with Gasteiger partial charge in [-0.1, -0.05) is 47.6 Å². The molecule has 1 amide bonds. The number of carbonyl (C=O) groups is 1. The number of para-hydroxylation sites is 1. The standard InChI is InChI=1S/C22H21N3O4/c1-27-20-13-12-18(22(25-20)28-2)21(26)24-19-7-5-4-6-17(19)16-10-8-15(9-11-16)14-23-29-3/h4-14H,1-3H3,(H,24,26)/b23-14+. The van der Waals surface area contributed by atoms with Crippen molar-refractivity contribution in [1.82, 2.24) is 4.98 Å². The van der Waals surface area contributed by atoms with E-state index in [-0.39, 0.29) is 11.8 Å². The number of methoxy groups -OCH3 is 2. The number of nitrogens with one attached hydrogen (secondary N) is 1. The highest BCUT2D eigenvalue weighted by atomic mass is 16.6. The predicted octanol–water partition coefficient (Wildman–Crippen LogP) is 4.00. The average molecular weight is 391 g/mol. The van der Waals surface area contributed by atoms with Crippen molar-refractivity contribution in [3.8, 4) is 22.9 Å². The molecule has 148 valence electrons. The first-order valence-electron chi connectivity index (χ1n) is 8.82. The largest absolute Gasteiger partial charge is 0.481 e. The topological polar surface area (TPSA) is 82.0 Å². The highest BCUT2D eigenvalue weighted by molar-refractivity contribution is 6.07. The molecule has 7 nitrogen and oxygen atoms in total. The lowest BCUT2D eigenvalue weighted by atomic mass is 10.0. The van der Waals surface area contributed by atoms with Crippen LogP contribution in [0.15, 0.2) is 65.8 Å². The normalized spacial score (nSPS) is 10.6. The van der Waals surface area contributed by atoms with Crippen LogP contribution in [0.4, 0.5) is 5.69 Å². The van der Waals surface area contributed by atoms with Crippen LogP contribution in [0.3, 0.4) is 0 Å². The lowest BCUT2D eigenvalue weighted by molar-refractivity contribution is 0.102. The Morgan fingerprint density at radius 1 is 0.966 bits per heavy atom. The van der Waals surface area contributed by atoms with Gasteiger partial charge in [-0.05, 0) is 23.3 Å². The number of hydrogen-bond donors (Lipinski definition) is 1. The second kappa shape index (κ2) is 9.36. The van der Waals surface area contributed by atoms with Crippen LogP contribution < -0.4 is 14.8 Å². The van der Waals surface area contributed by atoms with Gasteiger partial charge in [0.25, 0.3) is 5.91 Å². The number of amides is 1. The van der Waals surface area contributed by atoms with Gasteiger partial charge in [0.1, 0.15) is 12.7 Å². The third-order valence-corrected chi connectivity index (χ3v) is 4.19. The van der Waals surface area contributed by atoms with E-state index < -0.39 is 0 Å². The van der Waals surface area contributed by atoms with Gasteiger partial charge in [-0.25, -0.2) is 0 Å². The van der Waals surface area contributed by atoms with Crippen LogP contribution in [0.5, 0.6) is 11.8 Å². The number of carbonyl (C=O) groups excluding carboxylic acids is 1. The van der Waals surface area contributed by atoms with Gasteiger partial charge in [0.15, 0.2) is 0 Å². The van der Waals surface area contributed by atoms with Crippen LogP contribution >= 0.6 is 0 Å². The zero-order valence-corrected chi connectivity index (χ0v) is 16.4. The van der Waals surface area contributed by atoms with Gasteiger partial charge in [-0.15, -0.1) is 0 Å². The van der Waals surface area contributed by atoms with Crippen molar-refractivity contribution in [2.75, 3.05) is 26.6 Å². The molecule has 29 heavy (non-hydrogen) atoms. The van der Waals surface area contributed by atoms with E-state index in [4.69, 9.17) is 14.3 Å². The predicted molar refractivity (Wildman–Crippen MR) is 112 cm³/mol. The first-order chi connectivity index (χ1) is 14.2. The minimum Gasteiger partial charge on any atom is -0.481 e. The monoisotopic (exact) mass is 391 g/mol. The fraction of sp³-hybridized carbons (Fsp3) is 0.136. The van der Waals surface area contributed by atoms with Crippen molar-refractivity contribution >= 4 is 17.8 Å². The van der Waals surface area contributed by atoms with Crippen LogP contribution in [-0.4, -0.2) is 38.4 Å². The van der Waals surface area contributed by atoms with E-state index in [1.165, 1.54) is 21.3 Å². The minimum absolute atomic E-state index is 0.195. The molecule has 0 unspecified atom stereocenters. The molecule has 0 aliphatic heterocycles. The Hall–Kier alpha value is -3.87. The number of benzene rings is 2. The minimum atomic E-state index is -0.326.